The van der Waals surface area contributed by atoms with Crippen molar-refractivity contribution in [2.75, 3.05) is 5.75 Å². The minimum atomic E-state index is -0.576. The van der Waals surface area contributed by atoms with Gasteiger partial charge in [0.2, 0.25) is 11.8 Å². The van der Waals surface area contributed by atoms with Crippen molar-refractivity contribution in [3.63, 3.8) is 0 Å². The Morgan fingerprint density at radius 2 is 1.84 bits per heavy atom. The lowest BCUT2D eigenvalue weighted by atomic mass is 9.95. The molecular formula is C25H30Cl2N2O2S. The molecule has 0 aliphatic heterocycles. The number of hydrogen-bond acceptors (Lipinski definition) is 3. The molecule has 1 saturated carbocycles. The van der Waals surface area contributed by atoms with Crippen LogP contribution in [0.15, 0.2) is 48.5 Å². The maximum atomic E-state index is 13.2. The van der Waals surface area contributed by atoms with E-state index in [1.165, 1.54) is 18.2 Å². The van der Waals surface area contributed by atoms with Crippen LogP contribution in [-0.4, -0.2) is 34.6 Å². The molecule has 0 aromatic heterocycles. The highest BCUT2D eigenvalue weighted by molar-refractivity contribution is 7.99. The SMILES string of the molecule is C[C@H](C(=O)NC1CCCCC1)N(Cc1ccccc1Cl)C(=O)CSCc1cccc(Cl)c1. The molecule has 0 unspecified atom stereocenters. The average molecular weight is 494 g/mol. The first-order chi connectivity index (χ1) is 15.4. The van der Waals surface area contributed by atoms with Crippen LogP contribution in [-0.2, 0) is 21.9 Å². The average Bonchev–Trinajstić information content (AvgIpc) is 2.78. The highest BCUT2D eigenvalue weighted by atomic mass is 35.5. The van der Waals surface area contributed by atoms with E-state index in [0.717, 1.165) is 36.8 Å². The number of thioether (sulfide) groups is 1. The summed E-state index contributed by atoms with van der Waals surface area (Å²) in [6, 6.07) is 14.7. The standard InChI is InChI=1S/C25H30Cl2N2O2S/c1-18(25(31)28-22-11-3-2-4-12-22)29(15-20-9-5-6-13-23(20)27)24(30)17-32-16-19-8-7-10-21(26)14-19/h5-10,13-14,18,22H,2-4,11-12,15-17H2,1H3,(H,28,31)/t18-/m1/s1. The van der Waals surface area contributed by atoms with Crippen LogP contribution < -0.4 is 5.32 Å². The van der Waals surface area contributed by atoms with Gasteiger partial charge in [0.05, 0.1) is 5.75 Å². The van der Waals surface area contributed by atoms with E-state index in [1.807, 2.05) is 42.5 Å². The fraction of sp³-hybridized carbons (Fsp3) is 0.440. The predicted molar refractivity (Wildman–Crippen MR) is 134 cm³/mol. The first-order valence-electron chi connectivity index (χ1n) is 11.1. The number of rotatable bonds is 9. The summed E-state index contributed by atoms with van der Waals surface area (Å²) in [5, 5.41) is 4.43. The fourth-order valence-electron chi connectivity index (χ4n) is 3.93. The molecule has 0 radical (unpaired) electrons. The third-order valence-electron chi connectivity index (χ3n) is 5.80. The molecule has 2 aromatic carbocycles. The van der Waals surface area contributed by atoms with Crippen molar-refractivity contribution in [1.82, 2.24) is 10.2 Å². The Morgan fingerprint density at radius 1 is 1.09 bits per heavy atom. The van der Waals surface area contributed by atoms with E-state index < -0.39 is 6.04 Å². The maximum Gasteiger partial charge on any atom is 0.242 e. The summed E-state index contributed by atoms with van der Waals surface area (Å²) in [4.78, 5) is 27.9. The van der Waals surface area contributed by atoms with Crippen LogP contribution in [0, 0.1) is 0 Å². The van der Waals surface area contributed by atoms with Gasteiger partial charge in [-0.1, -0.05) is 72.8 Å². The summed E-state index contributed by atoms with van der Waals surface area (Å²) < 4.78 is 0. The van der Waals surface area contributed by atoms with Crippen LogP contribution >= 0.6 is 35.0 Å². The summed E-state index contributed by atoms with van der Waals surface area (Å²) in [5.41, 5.74) is 1.90. The smallest absolute Gasteiger partial charge is 0.242 e. The molecule has 1 fully saturated rings. The Balaban J connectivity index is 1.66. The lowest BCUT2D eigenvalue weighted by Crippen LogP contribution is -2.50. The molecule has 3 rings (SSSR count). The molecule has 0 heterocycles. The van der Waals surface area contributed by atoms with E-state index in [4.69, 9.17) is 23.2 Å². The maximum absolute atomic E-state index is 13.2. The molecular weight excluding hydrogens is 463 g/mol. The molecule has 1 N–H and O–H groups in total. The molecule has 1 aliphatic carbocycles. The summed E-state index contributed by atoms with van der Waals surface area (Å²) in [6.45, 7) is 2.10. The van der Waals surface area contributed by atoms with Crippen molar-refractivity contribution < 1.29 is 9.59 Å². The normalized spacial score (nSPS) is 15.2. The van der Waals surface area contributed by atoms with Gasteiger partial charge in [-0.05, 0) is 49.1 Å². The van der Waals surface area contributed by atoms with Crippen molar-refractivity contribution in [3.8, 4) is 0 Å². The van der Waals surface area contributed by atoms with Crippen LogP contribution in [0.5, 0.6) is 0 Å². The molecule has 0 saturated heterocycles. The van der Waals surface area contributed by atoms with Crippen molar-refractivity contribution in [2.45, 2.75) is 63.4 Å². The number of carbonyl (C=O) groups excluding carboxylic acids is 2. The van der Waals surface area contributed by atoms with Gasteiger partial charge in [0.1, 0.15) is 6.04 Å². The molecule has 2 amide bonds. The van der Waals surface area contributed by atoms with Gasteiger partial charge in [-0.15, -0.1) is 11.8 Å². The Labute approximate surface area is 205 Å². The van der Waals surface area contributed by atoms with Crippen LogP contribution in [0.3, 0.4) is 0 Å². The fourth-order valence-corrected chi connectivity index (χ4v) is 5.19. The van der Waals surface area contributed by atoms with Crippen LogP contribution in [0.4, 0.5) is 0 Å². The number of nitrogens with one attached hydrogen (secondary N) is 1. The number of carbonyl (C=O) groups is 2. The molecule has 172 valence electrons. The van der Waals surface area contributed by atoms with Gasteiger partial charge >= 0.3 is 0 Å². The molecule has 4 nitrogen and oxygen atoms in total. The lowest BCUT2D eigenvalue weighted by Gasteiger charge is -2.31. The Bertz CT molecular complexity index is 918. The van der Waals surface area contributed by atoms with Gasteiger partial charge in [-0.3, -0.25) is 9.59 Å². The summed E-state index contributed by atoms with van der Waals surface area (Å²) in [6.07, 6.45) is 5.52. The topological polar surface area (TPSA) is 49.4 Å². The van der Waals surface area contributed by atoms with E-state index >= 15 is 0 Å². The highest BCUT2D eigenvalue weighted by Gasteiger charge is 2.28. The number of benzene rings is 2. The zero-order valence-electron chi connectivity index (χ0n) is 18.4. The molecule has 7 heteroatoms. The minimum Gasteiger partial charge on any atom is -0.352 e. The van der Waals surface area contributed by atoms with Gasteiger partial charge in [-0.2, -0.15) is 0 Å². The zero-order chi connectivity index (χ0) is 22.9. The second-order valence-electron chi connectivity index (χ2n) is 8.26. The molecule has 0 bridgehead atoms. The highest BCUT2D eigenvalue weighted by Crippen LogP contribution is 2.22. The van der Waals surface area contributed by atoms with Crippen molar-refractivity contribution in [2.24, 2.45) is 0 Å². The Morgan fingerprint density at radius 3 is 2.56 bits per heavy atom. The van der Waals surface area contributed by atoms with Crippen molar-refractivity contribution in [1.29, 1.82) is 0 Å². The van der Waals surface area contributed by atoms with Gasteiger partial charge in [0, 0.05) is 28.4 Å². The summed E-state index contributed by atoms with van der Waals surface area (Å²) >= 11 is 13.9. The lowest BCUT2D eigenvalue weighted by molar-refractivity contribution is -0.139. The third-order valence-corrected chi connectivity index (χ3v) is 7.39. The van der Waals surface area contributed by atoms with Crippen molar-refractivity contribution >= 4 is 46.8 Å². The molecule has 1 aliphatic rings. The molecule has 0 spiro atoms. The van der Waals surface area contributed by atoms with Gasteiger partial charge in [0.15, 0.2) is 0 Å². The largest absolute Gasteiger partial charge is 0.352 e. The van der Waals surface area contributed by atoms with E-state index in [-0.39, 0.29) is 23.6 Å². The third kappa shape index (κ3) is 7.43. The van der Waals surface area contributed by atoms with Crippen molar-refractivity contribution in [3.05, 3.63) is 69.7 Å². The minimum absolute atomic E-state index is 0.0803. The van der Waals surface area contributed by atoms with E-state index in [2.05, 4.69) is 5.32 Å². The van der Waals surface area contributed by atoms with E-state index in [9.17, 15) is 9.59 Å². The number of hydrogen-bond donors (Lipinski definition) is 1. The molecule has 2 aromatic rings. The zero-order valence-corrected chi connectivity index (χ0v) is 20.7. The summed E-state index contributed by atoms with van der Waals surface area (Å²) in [5.74, 6) is 0.771. The molecule has 32 heavy (non-hydrogen) atoms. The van der Waals surface area contributed by atoms with Gasteiger partial charge in [-0.25, -0.2) is 0 Å². The second kappa shape index (κ2) is 12.5. The molecule has 1 atom stereocenters. The van der Waals surface area contributed by atoms with Crippen LogP contribution in [0.2, 0.25) is 10.0 Å². The quantitative estimate of drug-likeness (QED) is 0.460. The first kappa shape index (κ1) is 24.9. The number of nitrogens with zero attached hydrogens (tertiary/aromatic N) is 1. The summed E-state index contributed by atoms with van der Waals surface area (Å²) in [7, 11) is 0. The van der Waals surface area contributed by atoms with Crippen LogP contribution in [0.1, 0.15) is 50.2 Å². The monoisotopic (exact) mass is 492 g/mol. The van der Waals surface area contributed by atoms with Gasteiger partial charge in [0.25, 0.3) is 0 Å². The van der Waals surface area contributed by atoms with E-state index in [1.54, 1.807) is 17.9 Å². The number of halogens is 2. The first-order valence-corrected chi connectivity index (χ1v) is 13.0. The Hall–Kier alpha value is -1.69. The Kier molecular flexibility index (Phi) is 9.76. The van der Waals surface area contributed by atoms with Gasteiger partial charge < -0.3 is 10.2 Å². The number of amides is 2. The predicted octanol–water partition coefficient (Wildman–Crippen LogP) is 6.09. The second-order valence-corrected chi connectivity index (χ2v) is 10.1. The van der Waals surface area contributed by atoms with E-state index in [0.29, 0.717) is 22.3 Å². The van der Waals surface area contributed by atoms with Crippen LogP contribution in [0.25, 0.3) is 0 Å².